The molecule has 170 valence electrons. The second-order valence-corrected chi connectivity index (χ2v) is 8.51. The van der Waals surface area contributed by atoms with Crippen molar-refractivity contribution in [1.29, 1.82) is 0 Å². The maximum Gasteiger partial charge on any atom is 0.220 e. The number of hydrogen-bond acceptors (Lipinski definition) is 4. The topological polar surface area (TPSA) is 82.8 Å². The molecular formula is C22H38IN5OS. The minimum atomic E-state index is -0.139. The normalized spacial score (nSPS) is 15.5. The average molecular weight is 548 g/mol. The highest BCUT2D eigenvalue weighted by molar-refractivity contribution is 14.0. The fourth-order valence-corrected chi connectivity index (χ4v) is 4.30. The molecule has 0 aliphatic carbocycles. The van der Waals surface area contributed by atoms with Gasteiger partial charge in [0.05, 0.1) is 6.54 Å². The molecule has 1 aliphatic heterocycles. The van der Waals surface area contributed by atoms with Crippen LogP contribution in [0, 0.1) is 12.8 Å². The molecule has 0 radical (unpaired) electrons. The van der Waals surface area contributed by atoms with Crippen LogP contribution >= 0.6 is 35.7 Å². The Morgan fingerprint density at radius 1 is 1.27 bits per heavy atom. The summed E-state index contributed by atoms with van der Waals surface area (Å²) in [5.74, 6) is 0.814. The van der Waals surface area contributed by atoms with Gasteiger partial charge in [-0.1, -0.05) is 12.1 Å². The number of hydrogen-bond donors (Lipinski definition) is 3. The molecule has 0 atom stereocenters. The van der Waals surface area contributed by atoms with Gasteiger partial charge in [0, 0.05) is 23.9 Å². The summed E-state index contributed by atoms with van der Waals surface area (Å²) in [6, 6.07) is 6.55. The number of piperidine rings is 1. The van der Waals surface area contributed by atoms with Crippen LogP contribution in [0.2, 0.25) is 0 Å². The smallest absolute Gasteiger partial charge is 0.220 e. The number of amides is 1. The van der Waals surface area contributed by atoms with Crippen molar-refractivity contribution in [2.75, 3.05) is 39.0 Å². The van der Waals surface area contributed by atoms with Crippen LogP contribution < -0.4 is 16.4 Å². The molecule has 1 fully saturated rings. The second kappa shape index (κ2) is 14.9. The summed E-state index contributed by atoms with van der Waals surface area (Å²) in [5.41, 5.74) is 7.95. The zero-order chi connectivity index (χ0) is 21.1. The lowest BCUT2D eigenvalue weighted by atomic mass is 9.96. The van der Waals surface area contributed by atoms with E-state index in [4.69, 9.17) is 10.7 Å². The zero-order valence-corrected chi connectivity index (χ0v) is 21.7. The number of nitrogens with one attached hydrogen (secondary N) is 2. The van der Waals surface area contributed by atoms with Crippen molar-refractivity contribution in [2.45, 2.75) is 51.0 Å². The summed E-state index contributed by atoms with van der Waals surface area (Å²) < 4.78 is 0. The van der Waals surface area contributed by atoms with Crippen LogP contribution in [0.25, 0.3) is 0 Å². The van der Waals surface area contributed by atoms with Gasteiger partial charge in [0.2, 0.25) is 5.91 Å². The van der Waals surface area contributed by atoms with Crippen molar-refractivity contribution in [3.8, 4) is 0 Å². The molecule has 2 rings (SSSR count). The van der Waals surface area contributed by atoms with Gasteiger partial charge in [0.1, 0.15) is 0 Å². The van der Waals surface area contributed by atoms with E-state index in [1.807, 2.05) is 0 Å². The summed E-state index contributed by atoms with van der Waals surface area (Å²) in [7, 11) is 0. The first-order valence-electron chi connectivity index (χ1n) is 10.7. The summed E-state index contributed by atoms with van der Waals surface area (Å²) >= 11 is 1.77. The first-order chi connectivity index (χ1) is 14.0. The van der Waals surface area contributed by atoms with E-state index in [2.05, 4.69) is 53.8 Å². The number of benzene rings is 1. The van der Waals surface area contributed by atoms with Crippen LogP contribution in [0.5, 0.6) is 0 Å². The highest BCUT2D eigenvalue weighted by Gasteiger charge is 2.22. The zero-order valence-electron chi connectivity index (χ0n) is 18.6. The molecule has 1 saturated heterocycles. The number of unbranched alkanes of at least 4 members (excludes halogenated alkanes) is 1. The average Bonchev–Trinajstić information content (AvgIpc) is 2.72. The highest BCUT2D eigenvalue weighted by Crippen LogP contribution is 2.22. The molecule has 0 aromatic heterocycles. The Morgan fingerprint density at radius 2 is 2.00 bits per heavy atom. The Bertz CT molecular complexity index is 677. The molecule has 1 amide bonds. The van der Waals surface area contributed by atoms with Crippen LogP contribution in [0.4, 0.5) is 0 Å². The van der Waals surface area contributed by atoms with E-state index in [0.717, 1.165) is 64.4 Å². The van der Waals surface area contributed by atoms with E-state index in [1.165, 1.54) is 16.0 Å². The molecule has 1 aromatic rings. The third-order valence-corrected chi connectivity index (χ3v) is 6.20. The fourth-order valence-electron chi connectivity index (χ4n) is 3.60. The number of nitrogens with two attached hydrogens (primary N) is 1. The summed E-state index contributed by atoms with van der Waals surface area (Å²) in [5, 5.41) is 6.79. The van der Waals surface area contributed by atoms with Gasteiger partial charge in [-0.05, 0) is 82.6 Å². The van der Waals surface area contributed by atoms with Crippen molar-refractivity contribution in [3.05, 3.63) is 29.3 Å². The number of rotatable bonds is 10. The monoisotopic (exact) mass is 547 g/mol. The van der Waals surface area contributed by atoms with E-state index in [0.29, 0.717) is 6.54 Å². The first kappa shape index (κ1) is 27.0. The van der Waals surface area contributed by atoms with E-state index < -0.39 is 0 Å². The predicted octanol–water partition coefficient (Wildman–Crippen LogP) is 3.37. The number of carbonyl (C=O) groups is 1. The Balaban J connectivity index is 0.00000450. The third-order valence-electron chi connectivity index (χ3n) is 5.38. The summed E-state index contributed by atoms with van der Waals surface area (Å²) in [6.07, 6.45) is 6.16. The Kier molecular flexibility index (Phi) is 13.4. The van der Waals surface area contributed by atoms with Crippen molar-refractivity contribution in [2.24, 2.45) is 16.6 Å². The van der Waals surface area contributed by atoms with Crippen LogP contribution in [-0.2, 0) is 11.3 Å². The van der Waals surface area contributed by atoms with Gasteiger partial charge in [-0.3, -0.25) is 4.79 Å². The van der Waals surface area contributed by atoms with Gasteiger partial charge in [-0.15, -0.1) is 35.7 Å². The standard InChI is InChI=1S/C22H37N5OS.HI/c1-4-24-22(26-16-19-8-7-17(2)15-20(19)29-3)25-11-5-6-12-27-13-9-18(10-14-27)21(23)28;/h7-8,15,18H,4-6,9-14,16H2,1-3H3,(H2,23,28)(H2,24,25,26);1H. The van der Waals surface area contributed by atoms with Gasteiger partial charge in [0.25, 0.3) is 0 Å². The van der Waals surface area contributed by atoms with Gasteiger partial charge >= 0.3 is 0 Å². The van der Waals surface area contributed by atoms with E-state index in [9.17, 15) is 4.79 Å². The minimum Gasteiger partial charge on any atom is -0.369 e. The maximum atomic E-state index is 11.2. The van der Waals surface area contributed by atoms with Crippen LogP contribution in [0.1, 0.15) is 43.7 Å². The maximum absolute atomic E-state index is 11.2. The number of aliphatic imine (C=N–C) groups is 1. The fraction of sp³-hybridized carbons (Fsp3) is 0.636. The van der Waals surface area contributed by atoms with E-state index >= 15 is 0 Å². The molecular weight excluding hydrogens is 509 g/mol. The van der Waals surface area contributed by atoms with Crippen molar-refractivity contribution >= 4 is 47.6 Å². The van der Waals surface area contributed by atoms with E-state index in [1.54, 1.807) is 11.8 Å². The molecule has 6 nitrogen and oxygen atoms in total. The van der Waals surface area contributed by atoms with Gasteiger partial charge in [0.15, 0.2) is 5.96 Å². The number of nitrogens with zero attached hydrogens (tertiary/aromatic N) is 2. The molecule has 0 spiro atoms. The Hall–Kier alpha value is -1.00. The van der Waals surface area contributed by atoms with Crippen LogP contribution in [0.15, 0.2) is 28.1 Å². The molecule has 0 saturated carbocycles. The number of aryl methyl sites for hydroxylation is 1. The van der Waals surface area contributed by atoms with Crippen LogP contribution in [-0.4, -0.2) is 55.7 Å². The Morgan fingerprint density at radius 3 is 2.63 bits per heavy atom. The molecule has 1 aromatic carbocycles. The van der Waals surface area contributed by atoms with Crippen molar-refractivity contribution in [1.82, 2.24) is 15.5 Å². The molecule has 4 N–H and O–H groups in total. The number of primary amides is 1. The minimum absolute atomic E-state index is 0. The lowest BCUT2D eigenvalue weighted by Crippen LogP contribution is -2.39. The lowest BCUT2D eigenvalue weighted by molar-refractivity contribution is -0.123. The lowest BCUT2D eigenvalue weighted by Gasteiger charge is -2.30. The second-order valence-electron chi connectivity index (χ2n) is 7.66. The molecule has 30 heavy (non-hydrogen) atoms. The predicted molar refractivity (Wildman–Crippen MR) is 139 cm³/mol. The van der Waals surface area contributed by atoms with E-state index in [-0.39, 0.29) is 35.8 Å². The molecule has 8 heteroatoms. The van der Waals surface area contributed by atoms with Gasteiger partial charge in [-0.2, -0.15) is 0 Å². The van der Waals surface area contributed by atoms with Gasteiger partial charge < -0.3 is 21.3 Å². The number of thioether (sulfide) groups is 1. The molecule has 1 heterocycles. The largest absolute Gasteiger partial charge is 0.369 e. The number of carbonyl (C=O) groups excluding carboxylic acids is 1. The number of guanidine groups is 1. The Labute approximate surface area is 203 Å². The van der Waals surface area contributed by atoms with Gasteiger partial charge in [-0.25, -0.2) is 4.99 Å². The first-order valence-corrected chi connectivity index (χ1v) is 11.9. The number of halogens is 1. The third kappa shape index (κ3) is 9.43. The summed E-state index contributed by atoms with van der Waals surface area (Å²) in [6.45, 7) is 9.71. The highest BCUT2D eigenvalue weighted by atomic mass is 127. The molecule has 0 unspecified atom stereocenters. The quantitative estimate of drug-likeness (QED) is 0.138. The van der Waals surface area contributed by atoms with Crippen molar-refractivity contribution < 1.29 is 4.79 Å². The molecule has 0 bridgehead atoms. The summed E-state index contributed by atoms with van der Waals surface area (Å²) in [4.78, 5) is 19.8. The van der Waals surface area contributed by atoms with Crippen LogP contribution in [0.3, 0.4) is 0 Å². The molecule has 1 aliphatic rings. The van der Waals surface area contributed by atoms with Crippen molar-refractivity contribution in [3.63, 3.8) is 0 Å². The number of likely N-dealkylation sites (tertiary alicyclic amines) is 1. The SMILES string of the molecule is CCNC(=NCc1ccc(C)cc1SC)NCCCCN1CCC(C(N)=O)CC1.I.